The molecule has 0 spiro atoms. The summed E-state index contributed by atoms with van der Waals surface area (Å²) >= 11 is 6.31. The molecule has 0 unspecified atom stereocenters. The number of carbonyl (C=O) groups is 1. The smallest absolute Gasteiger partial charge is 0.416 e. The van der Waals surface area contributed by atoms with Crippen molar-refractivity contribution in [3.8, 4) is 58.2 Å². The lowest BCUT2D eigenvalue weighted by Gasteiger charge is -2.33. The molecule has 5 aromatic heterocycles. The Hall–Kier alpha value is -12.7. The number of Topliss-reactive ketones (excluding diaryl/α,β-unsaturated/α-hetero) is 1. The normalized spacial score (nSPS) is 14.5. The van der Waals surface area contributed by atoms with Crippen LogP contribution in [0.5, 0.6) is 34.5 Å². The highest BCUT2D eigenvalue weighted by atomic mass is 35.5. The quantitative estimate of drug-likeness (QED) is 0.0566. The van der Waals surface area contributed by atoms with E-state index in [4.69, 9.17) is 50.7 Å². The minimum absolute atomic E-state index is 0.00345. The van der Waals surface area contributed by atoms with E-state index in [0.29, 0.717) is 124 Å². The number of piperazine rings is 1. The Balaban J connectivity index is 0.000000150. The third-order valence-electron chi connectivity index (χ3n) is 20.8. The molecular weight excluding hydrogens is 1590 g/mol. The standard InChI is InChI=1S/C27H19ClF3N3O.C24H28F3N5O2.C24H24N4O2.C17H24N4O2/c1-16-5-6-19(12-23(16)27(29,30)31)11-20(35)10-18-4-2-3-17(9-18)7-8-21-22-13-26(32)34-15-25(22)33-14-24(21)28;1-15-28-20-13-22(34-4)21(33-3)12-18(20)23(29-15)30-17-6-5-16(19(11-17)24(25,26)27)14-32-9-7-31(2)8-10-32;1-15-26-19(18-12-21(29-4)22(30-5)13-20(18)27-15)11-8-16-6-9-17(10-7-16)23-25-14-24(2,3)28-23;1-11-18-14-9-16(23-5)15(22-4)8-13(14)17(19-11)21-7-6-12(10-21)20(2)3/h2-6,9,12-15H,10-11H2,1H3,(H2,32,34);5-6,11-13H,7-10,14H2,1-4H3,(H,28,29,30);6-7,9-10,12-13H,14H2,1-5H3,(H,25,28);8-9,12H,6-7,10H2,1-5H3/t;;;12-/m...1/s1. The lowest BCUT2D eigenvalue weighted by molar-refractivity contribution is -0.139. The van der Waals surface area contributed by atoms with Crippen LogP contribution < -0.4 is 49.7 Å². The number of nitrogen functional groups attached to an aromatic ring is 1. The monoisotopic (exact) mass is 1680 g/mol. The van der Waals surface area contributed by atoms with Crippen LogP contribution >= 0.6 is 11.6 Å². The van der Waals surface area contributed by atoms with Crippen LogP contribution in [-0.4, -0.2) is 187 Å². The molecule has 12 aromatic rings. The predicted molar refractivity (Wildman–Crippen MR) is 465 cm³/mol. The van der Waals surface area contributed by atoms with Gasteiger partial charge in [-0.25, -0.2) is 34.9 Å². The zero-order valence-electron chi connectivity index (χ0n) is 70.5. The van der Waals surface area contributed by atoms with E-state index in [-0.39, 0.29) is 41.8 Å². The first-order valence-electron chi connectivity index (χ1n) is 39.1. The Morgan fingerprint density at radius 1 is 0.590 bits per heavy atom. The number of hydrogen-bond donors (Lipinski definition) is 3. The number of nitrogens with zero attached hydrogens (tertiary/aromatic N) is 13. The van der Waals surface area contributed by atoms with Gasteiger partial charge in [-0.1, -0.05) is 71.8 Å². The lowest BCUT2D eigenvalue weighted by Crippen LogP contribution is -2.44. The molecule has 634 valence electrons. The number of pyridine rings is 2. The molecule has 30 heteroatoms. The second-order valence-corrected chi connectivity index (χ2v) is 30.9. The van der Waals surface area contributed by atoms with Gasteiger partial charge in [-0.05, 0) is 164 Å². The van der Waals surface area contributed by atoms with Crippen LogP contribution in [-0.2, 0) is 36.5 Å². The number of benzene rings is 7. The van der Waals surface area contributed by atoms with Gasteiger partial charge in [0.15, 0.2) is 34.5 Å². The summed E-state index contributed by atoms with van der Waals surface area (Å²) in [6.07, 6.45) is -4.76. The second-order valence-electron chi connectivity index (χ2n) is 30.5. The molecule has 1 atom stereocenters. The number of rotatable bonds is 17. The Bertz CT molecular complexity index is 6040. The number of fused-ring (bicyclic) bond motifs is 4. The predicted octanol–water partition coefficient (Wildman–Crippen LogP) is 16.0. The van der Waals surface area contributed by atoms with Crippen LogP contribution in [0, 0.1) is 51.4 Å². The van der Waals surface area contributed by atoms with Crippen molar-refractivity contribution < 1.29 is 59.6 Å². The summed E-state index contributed by atoms with van der Waals surface area (Å²) < 4.78 is 114. The summed E-state index contributed by atoms with van der Waals surface area (Å²) in [5, 5.41) is 10.0. The fourth-order valence-corrected chi connectivity index (χ4v) is 14.5. The third kappa shape index (κ3) is 21.9. The number of halogens is 7. The van der Waals surface area contributed by atoms with E-state index >= 15 is 0 Å². The highest BCUT2D eigenvalue weighted by Gasteiger charge is 2.36. The number of ether oxygens (including phenoxy) is 6. The van der Waals surface area contributed by atoms with E-state index in [9.17, 15) is 31.1 Å². The Kier molecular flexibility index (Phi) is 27.9. The lowest BCUT2D eigenvalue weighted by atomic mass is 9.98. The number of nitrogens with two attached hydrogens (primary N) is 1. The van der Waals surface area contributed by atoms with Gasteiger partial charge in [0, 0.05) is 133 Å². The van der Waals surface area contributed by atoms with Crippen LogP contribution in [0.15, 0.2) is 145 Å². The van der Waals surface area contributed by atoms with E-state index in [1.807, 2.05) is 69.4 Å². The summed E-state index contributed by atoms with van der Waals surface area (Å²) in [7, 11) is 15.8. The molecule has 3 aliphatic rings. The molecule has 8 heterocycles. The molecular formula is C92H95ClF6N16O7. The molecule has 4 N–H and O–H groups in total. The molecule has 0 bridgehead atoms. The van der Waals surface area contributed by atoms with Crippen LogP contribution in [0.25, 0.3) is 43.6 Å². The van der Waals surface area contributed by atoms with Gasteiger partial charge in [0.25, 0.3) is 0 Å². The summed E-state index contributed by atoms with van der Waals surface area (Å²) in [5.74, 6) is 20.5. The van der Waals surface area contributed by atoms with E-state index in [1.54, 1.807) is 102 Å². The molecule has 2 saturated heterocycles. The molecule has 23 nitrogen and oxygen atoms in total. The minimum Gasteiger partial charge on any atom is -0.493 e. The number of carbonyl (C=O) groups excluding carboxylic acids is 1. The van der Waals surface area contributed by atoms with E-state index in [1.165, 1.54) is 33.4 Å². The van der Waals surface area contributed by atoms with Gasteiger partial charge in [0.05, 0.1) is 105 Å². The SMILES string of the molecule is COc1cc2nc(C)nc(C#Cc3ccc(C4=NCC(C)(C)N4)cc3)c2cc1OC.COc1cc2nc(C)nc(N3CC[C@@H](N(C)C)C3)c2cc1OC.COc1cc2nc(C)nc(Nc3ccc(CN4CCN(C)CC4)c(C(F)(F)F)c3)c2cc1OC.Cc1ccc(CC(=O)Cc2cccc(C#Cc3c(Cl)cnc4cnc(N)cc34)c2)cc1C(F)(F)F. The van der Waals surface area contributed by atoms with Crippen molar-refractivity contribution in [1.29, 1.82) is 0 Å². The van der Waals surface area contributed by atoms with Gasteiger partial charge in [-0.15, -0.1) is 0 Å². The summed E-state index contributed by atoms with van der Waals surface area (Å²) in [4.78, 5) is 61.4. The summed E-state index contributed by atoms with van der Waals surface area (Å²) in [6, 6.07) is 36.8. The zero-order chi connectivity index (χ0) is 87.5. The van der Waals surface area contributed by atoms with E-state index < -0.39 is 23.5 Å². The average Bonchev–Trinajstić information content (AvgIpc) is 1.46. The number of anilines is 4. The molecule has 0 saturated carbocycles. The molecule has 7 aromatic carbocycles. The summed E-state index contributed by atoms with van der Waals surface area (Å²) in [6.45, 7) is 17.4. The van der Waals surface area contributed by atoms with Gasteiger partial charge in [0.1, 0.15) is 52.2 Å². The van der Waals surface area contributed by atoms with Gasteiger partial charge >= 0.3 is 12.4 Å². The molecule has 122 heavy (non-hydrogen) atoms. The molecule has 0 radical (unpaired) electrons. The van der Waals surface area contributed by atoms with Crippen molar-refractivity contribution in [2.75, 3.05) is 126 Å². The maximum absolute atomic E-state index is 14.0. The zero-order valence-corrected chi connectivity index (χ0v) is 71.3. The molecule has 15 rings (SSSR count). The second kappa shape index (κ2) is 38.4. The average molecular weight is 1690 g/mol. The fraction of sp³-hybridized carbons (Fsp3) is 0.326. The number of aryl methyl sites for hydroxylation is 4. The highest BCUT2D eigenvalue weighted by molar-refractivity contribution is 6.32. The third-order valence-corrected chi connectivity index (χ3v) is 21.0. The van der Waals surface area contributed by atoms with Crippen molar-refractivity contribution in [2.45, 2.75) is 91.3 Å². The fourth-order valence-electron chi connectivity index (χ4n) is 14.3. The number of amidine groups is 1. The Labute approximate surface area is 709 Å². The van der Waals surface area contributed by atoms with Crippen LogP contribution in [0.2, 0.25) is 5.02 Å². The van der Waals surface area contributed by atoms with Crippen LogP contribution in [0.4, 0.5) is 49.5 Å². The topological polar surface area (TPSA) is 251 Å². The number of aromatic nitrogens is 8. The summed E-state index contributed by atoms with van der Waals surface area (Å²) in [5.41, 5.74) is 12.9. The molecule has 2 fully saturated rings. The van der Waals surface area contributed by atoms with Gasteiger partial charge in [0.2, 0.25) is 0 Å². The number of nitrogens with one attached hydrogen (secondary N) is 2. The number of hydrogen-bond acceptors (Lipinski definition) is 23. The van der Waals surface area contributed by atoms with Crippen molar-refractivity contribution in [1.82, 2.24) is 59.9 Å². The molecule has 0 aliphatic carbocycles. The van der Waals surface area contributed by atoms with Crippen molar-refractivity contribution in [3.05, 3.63) is 224 Å². The highest BCUT2D eigenvalue weighted by Crippen LogP contribution is 2.41. The van der Waals surface area contributed by atoms with E-state index in [0.717, 1.165) is 115 Å². The number of methoxy groups -OCH3 is 6. The first-order chi connectivity index (χ1) is 58.2. The first kappa shape index (κ1) is 88.6. The Morgan fingerprint density at radius 3 is 1.76 bits per heavy atom. The first-order valence-corrected chi connectivity index (χ1v) is 39.5. The number of ketones is 1. The van der Waals surface area contributed by atoms with Crippen LogP contribution in [0.3, 0.4) is 0 Å². The van der Waals surface area contributed by atoms with Gasteiger partial charge in [-0.3, -0.25) is 19.7 Å². The van der Waals surface area contributed by atoms with Crippen LogP contribution in [0.1, 0.15) is 99.1 Å². The molecule has 0 amide bonds. The van der Waals surface area contributed by atoms with Gasteiger partial charge in [-0.2, -0.15) is 26.3 Å². The largest absolute Gasteiger partial charge is 0.493 e. The Morgan fingerprint density at radius 2 is 1.16 bits per heavy atom. The number of alkyl halides is 6. The number of aliphatic imine (C=N–C) groups is 1. The minimum atomic E-state index is -4.47. The van der Waals surface area contributed by atoms with Crippen molar-refractivity contribution in [2.24, 2.45) is 4.99 Å². The van der Waals surface area contributed by atoms with Crippen molar-refractivity contribution >= 4 is 90.0 Å². The van der Waals surface area contributed by atoms with Crippen molar-refractivity contribution in [3.63, 3.8) is 0 Å². The number of likely N-dealkylation sites (N-methyl/N-ethyl adjacent to an activating group) is 2. The van der Waals surface area contributed by atoms with E-state index in [2.05, 4.69) is 122 Å². The maximum Gasteiger partial charge on any atom is 0.416 e. The molecule has 3 aliphatic heterocycles. The van der Waals surface area contributed by atoms with Gasteiger partial charge < -0.3 is 59.5 Å². The maximum atomic E-state index is 14.0.